The van der Waals surface area contributed by atoms with Crippen molar-refractivity contribution in [3.05, 3.63) is 59.1 Å². The van der Waals surface area contributed by atoms with Crippen LogP contribution in [0.5, 0.6) is 5.75 Å². The molecule has 0 aliphatic carbocycles. The summed E-state index contributed by atoms with van der Waals surface area (Å²) in [4.78, 5) is 0. The monoisotopic (exact) mass is 362 g/mol. The van der Waals surface area contributed by atoms with Crippen LogP contribution in [0.4, 0.5) is 5.69 Å². The van der Waals surface area contributed by atoms with Gasteiger partial charge < -0.3 is 15.4 Å². The number of anilines is 1. The number of hydrogen-bond acceptors (Lipinski definition) is 2. The fourth-order valence-electron chi connectivity index (χ4n) is 2.48. The van der Waals surface area contributed by atoms with Crippen molar-refractivity contribution in [2.75, 3.05) is 12.4 Å². The number of ether oxygens (including phenoxy) is 1. The molecule has 2 aromatic rings. The third-order valence-corrected chi connectivity index (χ3v) is 4.07. The maximum Gasteiger partial charge on any atom is 0.171 e. The van der Waals surface area contributed by atoms with Crippen LogP contribution in [0.2, 0.25) is 5.02 Å². The van der Waals surface area contributed by atoms with Gasteiger partial charge in [0.25, 0.3) is 0 Å². The smallest absolute Gasteiger partial charge is 0.171 e. The average molecular weight is 363 g/mol. The fourth-order valence-corrected chi connectivity index (χ4v) is 2.93. The van der Waals surface area contributed by atoms with Gasteiger partial charge in [0.15, 0.2) is 5.11 Å². The lowest BCUT2D eigenvalue weighted by Gasteiger charge is -2.23. The minimum atomic E-state index is 0.134. The summed E-state index contributed by atoms with van der Waals surface area (Å²) in [6.45, 7) is 4.40. The lowest BCUT2D eigenvalue weighted by atomic mass is 9.97. The molecule has 2 rings (SSSR count). The van der Waals surface area contributed by atoms with E-state index in [-0.39, 0.29) is 6.04 Å². The Morgan fingerprint density at radius 2 is 1.88 bits per heavy atom. The van der Waals surface area contributed by atoms with Gasteiger partial charge in [0.2, 0.25) is 0 Å². The molecule has 0 saturated carbocycles. The summed E-state index contributed by atoms with van der Waals surface area (Å²) in [5, 5.41) is 7.86. The van der Waals surface area contributed by atoms with Gasteiger partial charge in [-0.3, -0.25) is 0 Å². The van der Waals surface area contributed by atoms with Gasteiger partial charge >= 0.3 is 0 Å². The Morgan fingerprint density at radius 1 is 1.17 bits per heavy atom. The van der Waals surface area contributed by atoms with Crippen LogP contribution in [0.25, 0.3) is 0 Å². The Kier molecular flexibility index (Phi) is 6.88. The lowest BCUT2D eigenvalue weighted by molar-refractivity contribution is 0.414. The third-order valence-electron chi connectivity index (χ3n) is 3.61. The van der Waals surface area contributed by atoms with E-state index in [1.54, 1.807) is 7.11 Å². The second-order valence-corrected chi connectivity index (χ2v) is 6.91. The molecule has 5 heteroatoms. The second kappa shape index (κ2) is 8.90. The number of hydrogen-bond donors (Lipinski definition) is 2. The summed E-state index contributed by atoms with van der Waals surface area (Å²) in [5.74, 6) is 1.39. The SMILES string of the molecule is COc1ccc(C(CC(C)C)NC(=S)Nc2cccc(Cl)c2)cc1. The largest absolute Gasteiger partial charge is 0.497 e. The summed E-state index contributed by atoms with van der Waals surface area (Å²) in [6, 6.07) is 15.7. The Morgan fingerprint density at radius 3 is 2.46 bits per heavy atom. The van der Waals surface area contributed by atoms with E-state index in [1.165, 1.54) is 5.56 Å². The molecule has 0 saturated heterocycles. The van der Waals surface area contributed by atoms with E-state index in [0.29, 0.717) is 16.1 Å². The molecule has 0 aromatic heterocycles. The van der Waals surface area contributed by atoms with Gasteiger partial charge in [-0.1, -0.05) is 43.6 Å². The molecule has 0 amide bonds. The van der Waals surface area contributed by atoms with Crippen molar-refractivity contribution in [1.82, 2.24) is 5.32 Å². The molecule has 0 fully saturated rings. The quantitative estimate of drug-likeness (QED) is 0.672. The van der Waals surface area contributed by atoms with Crippen LogP contribution in [0.3, 0.4) is 0 Å². The van der Waals surface area contributed by atoms with E-state index in [0.717, 1.165) is 17.9 Å². The Balaban J connectivity index is 2.08. The van der Waals surface area contributed by atoms with Crippen molar-refractivity contribution >= 4 is 34.6 Å². The summed E-state index contributed by atoms with van der Waals surface area (Å²) < 4.78 is 5.23. The first-order valence-electron chi connectivity index (χ1n) is 7.95. The first-order valence-corrected chi connectivity index (χ1v) is 8.73. The fraction of sp³-hybridized carbons (Fsp3) is 0.316. The lowest BCUT2D eigenvalue weighted by Crippen LogP contribution is -2.33. The summed E-state index contributed by atoms with van der Waals surface area (Å²) >= 11 is 11.5. The zero-order chi connectivity index (χ0) is 17.5. The number of thiocarbonyl (C=S) groups is 1. The molecule has 0 aliphatic rings. The number of benzene rings is 2. The van der Waals surface area contributed by atoms with E-state index < -0.39 is 0 Å². The van der Waals surface area contributed by atoms with Gasteiger partial charge in [0, 0.05) is 10.7 Å². The van der Waals surface area contributed by atoms with Crippen LogP contribution in [-0.2, 0) is 0 Å². The summed E-state index contributed by atoms with van der Waals surface area (Å²) in [6.07, 6.45) is 0.976. The van der Waals surface area contributed by atoms with Crippen molar-refractivity contribution in [2.45, 2.75) is 26.3 Å². The highest BCUT2D eigenvalue weighted by molar-refractivity contribution is 7.80. The number of halogens is 1. The number of methoxy groups -OCH3 is 1. The molecule has 3 nitrogen and oxygen atoms in total. The minimum Gasteiger partial charge on any atom is -0.497 e. The Labute approximate surface area is 154 Å². The molecule has 0 heterocycles. The molecule has 1 atom stereocenters. The van der Waals surface area contributed by atoms with Crippen LogP contribution >= 0.6 is 23.8 Å². The third kappa shape index (κ3) is 5.69. The van der Waals surface area contributed by atoms with Crippen molar-refractivity contribution in [3.8, 4) is 5.75 Å². The molecular formula is C19H23ClN2OS. The van der Waals surface area contributed by atoms with Crippen molar-refractivity contribution in [3.63, 3.8) is 0 Å². The molecule has 0 aliphatic heterocycles. The maximum absolute atomic E-state index is 6.01. The van der Waals surface area contributed by atoms with Gasteiger partial charge in [0.1, 0.15) is 5.75 Å². The van der Waals surface area contributed by atoms with Gasteiger partial charge in [-0.25, -0.2) is 0 Å². The van der Waals surface area contributed by atoms with Gasteiger partial charge in [0.05, 0.1) is 13.2 Å². The predicted octanol–water partition coefficient (Wildman–Crippen LogP) is 5.42. The Hall–Kier alpha value is -1.78. The summed E-state index contributed by atoms with van der Waals surface area (Å²) in [7, 11) is 1.67. The molecular weight excluding hydrogens is 340 g/mol. The van der Waals surface area contributed by atoms with E-state index >= 15 is 0 Å². The van der Waals surface area contributed by atoms with Gasteiger partial charge in [-0.15, -0.1) is 0 Å². The highest BCUT2D eigenvalue weighted by Crippen LogP contribution is 2.24. The zero-order valence-electron chi connectivity index (χ0n) is 14.2. The highest BCUT2D eigenvalue weighted by atomic mass is 35.5. The van der Waals surface area contributed by atoms with Crippen molar-refractivity contribution in [1.29, 1.82) is 0 Å². The van der Waals surface area contributed by atoms with Crippen LogP contribution in [-0.4, -0.2) is 12.2 Å². The second-order valence-electron chi connectivity index (χ2n) is 6.06. The van der Waals surface area contributed by atoms with E-state index in [9.17, 15) is 0 Å². The van der Waals surface area contributed by atoms with Crippen LogP contribution in [0, 0.1) is 5.92 Å². The number of rotatable bonds is 6. The maximum atomic E-state index is 6.01. The first-order chi connectivity index (χ1) is 11.5. The van der Waals surface area contributed by atoms with Crippen molar-refractivity contribution in [2.24, 2.45) is 5.92 Å². The predicted molar refractivity (Wildman–Crippen MR) is 106 cm³/mol. The van der Waals surface area contributed by atoms with E-state index in [2.05, 4.69) is 36.6 Å². The summed E-state index contributed by atoms with van der Waals surface area (Å²) in [5.41, 5.74) is 2.05. The molecule has 2 aromatic carbocycles. The molecule has 0 spiro atoms. The topological polar surface area (TPSA) is 33.3 Å². The minimum absolute atomic E-state index is 0.134. The molecule has 2 N–H and O–H groups in total. The standard InChI is InChI=1S/C19H23ClN2OS/c1-13(2)11-18(14-7-9-17(23-3)10-8-14)22-19(24)21-16-6-4-5-15(20)12-16/h4-10,12-13,18H,11H2,1-3H3,(H2,21,22,24). The molecule has 0 radical (unpaired) electrons. The van der Waals surface area contributed by atoms with Crippen LogP contribution in [0.1, 0.15) is 31.9 Å². The molecule has 1 unspecified atom stereocenters. The van der Waals surface area contributed by atoms with E-state index in [1.807, 2.05) is 36.4 Å². The van der Waals surface area contributed by atoms with Crippen LogP contribution < -0.4 is 15.4 Å². The molecule has 0 bridgehead atoms. The van der Waals surface area contributed by atoms with Gasteiger partial charge in [-0.05, 0) is 60.5 Å². The molecule has 128 valence electrons. The van der Waals surface area contributed by atoms with Gasteiger partial charge in [-0.2, -0.15) is 0 Å². The highest BCUT2D eigenvalue weighted by Gasteiger charge is 2.15. The molecule has 24 heavy (non-hydrogen) atoms. The average Bonchev–Trinajstić information content (AvgIpc) is 2.54. The van der Waals surface area contributed by atoms with E-state index in [4.69, 9.17) is 28.6 Å². The van der Waals surface area contributed by atoms with Crippen molar-refractivity contribution < 1.29 is 4.74 Å². The Bertz CT molecular complexity index is 673. The normalized spacial score (nSPS) is 11.9. The zero-order valence-corrected chi connectivity index (χ0v) is 15.7. The van der Waals surface area contributed by atoms with Crippen LogP contribution in [0.15, 0.2) is 48.5 Å². The first kappa shape index (κ1) is 18.6. The number of nitrogens with one attached hydrogen (secondary N) is 2.